The summed E-state index contributed by atoms with van der Waals surface area (Å²) in [7, 11) is 0. The first-order chi connectivity index (χ1) is 10.1. The van der Waals surface area contributed by atoms with Crippen molar-refractivity contribution < 1.29 is 0 Å². The van der Waals surface area contributed by atoms with Crippen molar-refractivity contribution in [2.45, 2.75) is 59.9 Å². The van der Waals surface area contributed by atoms with Gasteiger partial charge in [0.2, 0.25) is 0 Å². The average Bonchev–Trinajstić information content (AvgIpc) is 2.53. The van der Waals surface area contributed by atoms with Gasteiger partial charge in [-0.05, 0) is 48.9 Å². The Kier molecular flexibility index (Phi) is 5.69. The van der Waals surface area contributed by atoms with E-state index in [1.54, 1.807) is 0 Å². The summed E-state index contributed by atoms with van der Waals surface area (Å²) in [5.74, 6) is 0. The van der Waals surface area contributed by atoms with E-state index in [0.29, 0.717) is 5.41 Å². The number of rotatable bonds is 6. The van der Waals surface area contributed by atoms with Gasteiger partial charge in [-0.3, -0.25) is 0 Å². The molecule has 1 N–H and O–H groups in total. The molecule has 1 aliphatic heterocycles. The molecule has 1 aromatic carbocycles. The molecule has 0 unspecified atom stereocenters. The molecule has 1 heterocycles. The highest BCUT2D eigenvalue weighted by atomic mass is 15.1. The number of aryl methyl sites for hydroxylation is 1. The summed E-state index contributed by atoms with van der Waals surface area (Å²) in [5, 5.41) is 3.40. The van der Waals surface area contributed by atoms with Crippen molar-refractivity contribution >= 4 is 5.69 Å². The van der Waals surface area contributed by atoms with Crippen LogP contribution in [0.4, 0.5) is 5.69 Å². The highest BCUT2D eigenvalue weighted by molar-refractivity contribution is 5.54. The normalized spacial score (nSPS) is 18.0. The summed E-state index contributed by atoms with van der Waals surface area (Å²) in [6.45, 7) is 13.6. The monoisotopic (exact) mass is 288 g/mol. The van der Waals surface area contributed by atoms with Crippen LogP contribution in [0.25, 0.3) is 0 Å². The first kappa shape index (κ1) is 16.4. The molecule has 0 saturated carbocycles. The van der Waals surface area contributed by atoms with Crippen LogP contribution < -0.4 is 10.2 Å². The fourth-order valence-electron chi connectivity index (χ4n) is 3.63. The standard InChI is InChI=1S/C19H32N2/c1-5-19(6-2)10-12-21(13-11-19)18-9-8-17(14-16(18)4)15-20-7-3/h8-9,14,20H,5-7,10-13,15H2,1-4H3. The third kappa shape index (κ3) is 3.79. The second-order valence-electron chi connectivity index (χ2n) is 6.60. The Bertz CT molecular complexity index is 439. The molecule has 0 radical (unpaired) electrons. The van der Waals surface area contributed by atoms with E-state index in [2.05, 4.69) is 56.1 Å². The van der Waals surface area contributed by atoms with Crippen LogP contribution in [0.3, 0.4) is 0 Å². The zero-order chi connectivity index (χ0) is 15.3. The molecule has 2 rings (SSSR count). The molecule has 0 amide bonds. The summed E-state index contributed by atoms with van der Waals surface area (Å²) >= 11 is 0. The summed E-state index contributed by atoms with van der Waals surface area (Å²) < 4.78 is 0. The van der Waals surface area contributed by atoms with Gasteiger partial charge in [-0.15, -0.1) is 0 Å². The SMILES string of the molecule is CCNCc1ccc(N2CCC(CC)(CC)CC2)c(C)c1. The van der Waals surface area contributed by atoms with Crippen LogP contribution in [-0.4, -0.2) is 19.6 Å². The zero-order valence-corrected chi connectivity index (χ0v) is 14.3. The van der Waals surface area contributed by atoms with Crippen LogP contribution in [0, 0.1) is 12.3 Å². The Labute approximate surface area is 130 Å². The summed E-state index contributed by atoms with van der Waals surface area (Å²) in [4.78, 5) is 2.59. The van der Waals surface area contributed by atoms with Crippen molar-refractivity contribution in [3.63, 3.8) is 0 Å². The third-order valence-electron chi connectivity index (χ3n) is 5.51. The van der Waals surface area contributed by atoms with Gasteiger partial charge in [-0.25, -0.2) is 0 Å². The summed E-state index contributed by atoms with van der Waals surface area (Å²) in [6, 6.07) is 6.96. The van der Waals surface area contributed by atoms with E-state index in [4.69, 9.17) is 0 Å². The van der Waals surface area contributed by atoms with E-state index >= 15 is 0 Å². The molecule has 0 spiro atoms. The van der Waals surface area contributed by atoms with Crippen LogP contribution in [0.5, 0.6) is 0 Å². The van der Waals surface area contributed by atoms with Gasteiger partial charge in [0.15, 0.2) is 0 Å². The molecule has 21 heavy (non-hydrogen) atoms. The zero-order valence-electron chi connectivity index (χ0n) is 14.3. The Morgan fingerprint density at radius 2 is 1.76 bits per heavy atom. The number of piperidine rings is 1. The van der Waals surface area contributed by atoms with Gasteiger partial charge in [0.1, 0.15) is 0 Å². The average molecular weight is 288 g/mol. The highest BCUT2D eigenvalue weighted by Gasteiger charge is 2.31. The van der Waals surface area contributed by atoms with Crippen LogP contribution in [0.15, 0.2) is 18.2 Å². The number of nitrogens with one attached hydrogen (secondary N) is 1. The fourth-order valence-corrected chi connectivity index (χ4v) is 3.63. The number of nitrogens with zero attached hydrogens (tertiary/aromatic N) is 1. The van der Waals surface area contributed by atoms with Crippen LogP contribution >= 0.6 is 0 Å². The van der Waals surface area contributed by atoms with E-state index in [1.807, 2.05) is 0 Å². The Morgan fingerprint density at radius 3 is 2.29 bits per heavy atom. The lowest BCUT2D eigenvalue weighted by Gasteiger charge is -2.42. The molecule has 1 aliphatic rings. The van der Waals surface area contributed by atoms with E-state index in [9.17, 15) is 0 Å². The van der Waals surface area contributed by atoms with Gasteiger partial charge in [-0.1, -0.05) is 45.7 Å². The second-order valence-corrected chi connectivity index (χ2v) is 6.60. The molecule has 2 nitrogen and oxygen atoms in total. The minimum absolute atomic E-state index is 0.607. The van der Waals surface area contributed by atoms with Crippen LogP contribution in [0.1, 0.15) is 57.6 Å². The van der Waals surface area contributed by atoms with E-state index in [0.717, 1.165) is 13.1 Å². The molecule has 0 bridgehead atoms. The van der Waals surface area contributed by atoms with Crippen molar-refractivity contribution in [1.82, 2.24) is 5.32 Å². The maximum atomic E-state index is 3.40. The Balaban J connectivity index is 2.03. The highest BCUT2D eigenvalue weighted by Crippen LogP contribution is 2.39. The van der Waals surface area contributed by atoms with Crippen molar-refractivity contribution in [2.24, 2.45) is 5.41 Å². The second kappa shape index (κ2) is 7.31. The van der Waals surface area contributed by atoms with E-state index in [1.165, 1.54) is 55.6 Å². The van der Waals surface area contributed by atoms with Gasteiger partial charge < -0.3 is 10.2 Å². The van der Waals surface area contributed by atoms with E-state index < -0.39 is 0 Å². The molecule has 0 atom stereocenters. The molecule has 1 aromatic rings. The van der Waals surface area contributed by atoms with Gasteiger partial charge in [0.25, 0.3) is 0 Å². The molecular weight excluding hydrogens is 256 g/mol. The minimum atomic E-state index is 0.607. The van der Waals surface area contributed by atoms with Crippen molar-refractivity contribution in [2.75, 3.05) is 24.5 Å². The van der Waals surface area contributed by atoms with Gasteiger partial charge in [-0.2, -0.15) is 0 Å². The lowest BCUT2D eigenvalue weighted by Crippen LogP contribution is -2.39. The fraction of sp³-hybridized carbons (Fsp3) is 0.684. The smallest absolute Gasteiger partial charge is 0.0396 e. The topological polar surface area (TPSA) is 15.3 Å². The van der Waals surface area contributed by atoms with Crippen LogP contribution in [-0.2, 0) is 6.54 Å². The Morgan fingerprint density at radius 1 is 1.10 bits per heavy atom. The Hall–Kier alpha value is -1.02. The number of benzene rings is 1. The van der Waals surface area contributed by atoms with Crippen molar-refractivity contribution in [3.05, 3.63) is 29.3 Å². The summed E-state index contributed by atoms with van der Waals surface area (Å²) in [6.07, 6.45) is 5.35. The molecular formula is C19H32N2. The number of anilines is 1. The minimum Gasteiger partial charge on any atom is -0.371 e. The molecule has 1 fully saturated rings. The lowest BCUT2D eigenvalue weighted by molar-refractivity contribution is 0.199. The maximum absolute atomic E-state index is 3.40. The summed E-state index contributed by atoms with van der Waals surface area (Å²) in [5.41, 5.74) is 4.86. The van der Waals surface area contributed by atoms with E-state index in [-0.39, 0.29) is 0 Å². The molecule has 2 heteroatoms. The first-order valence-electron chi connectivity index (χ1n) is 8.69. The first-order valence-corrected chi connectivity index (χ1v) is 8.69. The molecule has 0 aromatic heterocycles. The van der Waals surface area contributed by atoms with Crippen molar-refractivity contribution in [3.8, 4) is 0 Å². The van der Waals surface area contributed by atoms with Crippen molar-refractivity contribution in [1.29, 1.82) is 0 Å². The predicted molar refractivity (Wildman–Crippen MR) is 93.0 cm³/mol. The van der Waals surface area contributed by atoms with Gasteiger partial charge in [0.05, 0.1) is 0 Å². The largest absolute Gasteiger partial charge is 0.371 e. The van der Waals surface area contributed by atoms with Crippen LogP contribution in [0.2, 0.25) is 0 Å². The predicted octanol–water partition coefficient (Wildman–Crippen LogP) is 4.51. The van der Waals surface area contributed by atoms with Gasteiger partial charge >= 0.3 is 0 Å². The third-order valence-corrected chi connectivity index (χ3v) is 5.51. The molecule has 118 valence electrons. The molecule has 0 aliphatic carbocycles. The van der Waals surface area contributed by atoms with Gasteiger partial charge in [0, 0.05) is 25.3 Å². The number of hydrogen-bond acceptors (Lipinski definition) is 2. The number of hydrogen-bond donors (Lipinski definition) is 1. The maximum Gasteiger partial charge on any atom is 0.0396 e. The quantitative estimate of drug-likeness (QED) is 0.828. The lowest BCUT2D eigenvalue weighted by atomic mass is 9.74. The molecule has 1 saturated heterocycles.